The SMILES string of the molecule is CC[n+]1ccc(/C=C/c2cc(Cl)c(/C=C/c3cc[n+](CCP=O)cc3)cc2Cl)cc1. The fourth-order valence-electron chi connectivity index (χ4n) is 2.88. The molecule has 3 aromatic rings. The molecular weight excluding hydrogens is 434 g/mol. The van der Waals surface area contributed by atoms with Gasteiger partial charge in [-0.05, 0) is 41.3 Å². The minimum Gasteiger partial charge on any atom is -0.275 e. The Hall–Kier alpha value is -2.32. The van der Waals surface area contributed by atoms with Crippen LogP contribution < -0.4 is 9.13 Å². The molecule has 0 fully saturated rings. The quantitative estimate of drug-likeness (QED) is 0.291. The van der Waals surface area contributed by atoms with Gasteiger partial charge in [-0.1, -0.05) is 47.5 Å². The average molecular weight is 457 g/mol. The molecule has 0 saturated heterocycles. The van der Waals surface area contributed by atoms with Crippen molar-refractivity contribution in [2.45, 2.75) is 20.0 Å². The first-order chi connectivity index (χ1) is 14.6. The van der Waals surface area contributed by atoms with Crippen LogP contribution in [0.25, 0.3) is 24.3 Å². The Balaban J connectivity index is 1.72. The van der Waals surface area contributed by atoms with Crippen molar-refractivity contribution in [3.05, 3.63) is 93.5 Å². The van der Waals surface area contributed by atoms with Crippen molar-refractivity contribution in [1.82, 2.24) is 0 Å². The van der Waals surface area contributed by atoms with Gasteiger partial charge in [-0.2, -0.15) is 0 Å². The lowest BCUT2D eigenvalue weighted by atomic mass is 10.1. The van der Waals surface area contributed by atoms with E-state index in [0.29, 0.717) is 16.2 Å². The molecule has 0 radical (unpaired) electrons. The van der Waals surface area contributed by atoms with Gasteiger partial charge < -0.3 is 0 Å². The van der Waals surface area contributed by atoms with Gasteiger partial charge in [0.25, 0.3) is 0 Å². The third kappa shape index (κ3) is 6.34. The number of benzene rings is 1. The summed E-state index contributed by atoms with van der Waals surface area (Å²) in [6.45, 7) is 3.79. The Kier molecular flexibility index (Phi) is 8.33. The smallest absolute Gasteiger partial charge is 0.169 e. The van der Waals surface area contributed by atoms with Crippen molar-refractivity contribution in [2.75, 3.05) is 6.16 Å². The van der Waals surface area contributed by atoms with E-state index >= 15 is 0 Å². The zero-order chi connectivity index (χ0) is 21.3. The summed E-state index contributed by atoms with van der Waals surface area (Å²) in [6.07, 6.45) is 16.6. The van der Waals surface area contributed by atoms with E-state index in [9.17, 15) is 4.57 Å². The van der Waals surface area contributed by atoms with E-state index < -0.39 is 0 Å². The molecule has 0 aliphatic carbocycles. The molecule has 0 unspecified atom stereocenters. The maximum absolute atomic E-state index is 10.6. The number of aryl methyl sites for hydroxylation is 2. The van der Waals surface area contributed by atoms with E-state index in [2.05, 4.69) is 36.0 Å². The standard InChI is InChI=1S/C24H23Cl2N2OP/c1-2-27-11-7-19(8-12-27)3-5-21-17-24(26)22(18-23(21)25)6-4-20-9-13-28(14-10-20)15-16-30-29/h3-14,17-18H,2,15-16H2,1H3/q+2/b5-3+,6-4+. The summed E-state index contributed by atoms with van der Waals surface area (Å²) in [4.78, 5) is 0. The molecule has 1 aromatic carbocycles. The summed E-state index contributed by atoms with van der Waals surface area (Å²) < 4.78 is 14.7. The molecule has 0 N–H and O–H groups in total. The van der Waals surface area contributed by atoms with Crippen LogP contribution in [0.2, 0.25) is 10.0 Å². The van der Waals surface area contributed by atoms with Crippen molar-refractivity contribution in [3.8, 4) is 0 Å². The molecule has 0 atom stereocenters. The van der Waals surface area contributed by atoms with Crippen molar-refractivity contribution < 1.29 is 13.7 Å². The van der Waals surface area contributed by atoms with Crippen molar-refractivity contribution in [1.29, 1.82) is 0 Å². The van der Waals surface area contributed by atoms with Gasteiger partial charge in [-0.15, -0.1) is 0 Å². The highest BCUT2D eigenvalue weighted by atomic mass is 35.5. The highest BCUT2D eigenvalue weighted by Gasteiger charge is 2.05. The zero-order valence-corrected chi connectivity index (χ0v) is 19.1. The van der Waals surface area contributed by atoms with Crippen LogP contribution in [0.4, 0.5) is 0 Å². The Bertz CT molecular complexity index is 1060. The minimum atomic E-state index is 0.164. The number of aromatic nitrogens is 2. The number of nitrogens with zero attached hydrogens (tertiary/aromatic N) is 2. The zero-order valence-electron chi connectivity index (χ0n) is 16.7. The average Bonchev–Trinajstić information content (AvgIpc) is 2.78. The van der Waals surface area contributed by atoms with Gasteiger partial charge in [0.05, 0.1) is 6.16 Å². The number of rotatable bonds is 8. The number of hydrogen-bond acceptors (Lipinski definition) is 1. The van der Waals surface area contributed by atoms with Crippen LogP contribution in [0.3, 0.4) is 0 Å². The number of pyridine rings is 2. The molecule has 2 aromatic heterocycles. The maximum Gasteiger partial charge on any atom is 0.169 e. The molecule has 6 heteroatoms. The molecule has 2 heterocycles. The van der Waals surface area contributed by atoms with Crippen LogP contribution >= 0.6 is 31.7 Å². The maximum atomic E-state index is 10.6. The molecule has 0 aliphatic rings. The number of halogens is 2. The van der Waals surface area contributed by atoms with Crippen LogP contribution in [-0.2, 0) is 17.7 Å². The molecular formula is C24H23Cl2N2OP+2. The van der Waals surface area contributed by atoms with Crippen molar-refractivity contribution >= 4 is 56.0 Å². The predicted octanol–water partition coefficient (Wildman–Crippen LogP) is 6.22. The topological polar surface area (TPSA) is 24.8 Å². The Morgan fingerprint density at radius 2 is 1.27 bits per heavy atom. The third-order valence-corrected chi connectivity index (χ3v) is 5.71. The van der Waals surface area contributed by atoms with Gasteiger partial charge in [0.1, 0.15) is 6.54 Å². The largest absolute Gasteiger partial charge is 0.275 e. The van der Waals surface area contributed by atoms with E-state index in [0.717, 1.165) is 35.3 Å². The van der Waals surface area contributed by atoms with Crippen LogP contribution in [0.5, 0.6) is 0 Å². The highest BCUT2D eigenvalue weighted by Crippen LogP contribution is 2.28. The summed E-state index contributed by atoms with van der Waals surface area (Å²) in [6, 6.07) is 11.9. The fraction of sp³-hybridized carbons (Fsp3) is 0.167. The van der Waals surface area contributed by atoms with E-state index in [1.165, 1.54) is 0 Å². The first-order valence-electron chi connectivity index (χ1n) is 9.71. The Labute approximate surface area is 189 Å². The molecule has 152 valence electrons. The molecule has 3 nitrogen and oxygen atoms in total. The van der Waals surface area contributed by atoms with Crippen LogP contribution in [-0.4, -0.2) is 6.16 Å². The lowest BCUT2D eigenvalue weighted by Gasteiger charge is -2.04. The van der Waals surface area contributed by atoms with E-state index in [4.69, 9.17) is 23.2 Å². The number of hydrogen-bond donors (Lipinski definition) is 0. The third-order valence-electron chi connectivity index (χ3n) is 4.68. The van der Waals surface area contributed by atoms with Crippen LogP contribution in [0.15, 0.2) is 61.2 Å². The summed E-state index contributed by atoms with van der Waals surface area (Å²) >= 11 is 13.0. The van der Waals surface area contributed by atoms with E-state index in [1.807, 2.05) is 65.5 Å². The molecule has 3 rings (SSSR count). The molecule has 30 heavy (non-hydrogen) atoms. The Morgan fingerprint density at radius 3 is 1.70 bits per heavy atom. The van der Waals surface area contributed by atoms with Gasteiger partial charge in [0.15, 0.2) is 39.8 Å². The first-order valence-corrected chi connectivity index (χ1v) is 11.5. The van der Waals surface area contributed by atoms with Crippen molar-refractivity contribution in [2.24, 2.45) is 0 Å². The lowest BCUT2D eigenvalue weighted by Crippen LogP contribution is -2.33. The predicted molar refractivity (Wildman–Crippen MR) is 126 cm³/mol. The molecule has 0 spiro atoms. The van der Waals surface area contributed by atoms with E-state index in [1.54, 1.807) is 0 Å². The summed E-state index contributed by atoms with van der Waals surface area (Å²) in [7, 11) is 0.164. The van der Waals surface area contributed by atoms with Gasteiger partial charge in [0, 0.05) is 34.3 Å². The summed E-state index contributed by atoms with van der Waals surface area (Å²) in [5.41, 5.74) is 3.90. The molecule has 0 amide bonds. The fourth-order valence-corrected chi connectivity index (χ4v) is 3.66. The van der Waals surface area contributed by atoms with Gasteiger partial charge >= 0.3 is 0 Å². The second kappa shape index (κ2) is 11.2. The molecule has 0 bridgehead atoms. The van der Waals surface area contributed by atoms with Crippen LogP contribution in [0, 0.1) is 0 Å². The summed E-state index contributed by atoms with van der Waals surface area (Å²) in [5, 5.41) is 1.30. The van der Waals surface area contributed by atoms with E-state index in [-0.39, 0.29) is 8.46 Å². The normalized spacial score (nSPS) is 11.7. The van der Waals surface area contributed by atoms with Gasteiger partial charge in [0.2, 0.25) is 0 Å². The Morgan fingerprint density at radius 1 is 0.800 bits per heavy atom. The van der Waals surface area contributed by atoms with Crippen molar-refractivity contribution in [3.63, 3.8) is 0 Å². The first kappa shape index (κ1) is 22.4. The lowest BCUT2D eigenvalue weighted by molar-refractivity contribution is -0.693. The molecule has 0 aliphatic heterocycles. The van der Waals surface area contributed by atoms with Crippen LogP contribution in [0.1, 0.15) is 29.2 Å². The minimum absolute atomic E-state index is 0.164. The van der Waals surface area contributed by atoms with Gasteiger partial charge in [-0.3, -0.25) is 4.57 Å². The monoisotopic (exact) mass is 456 g/mol. The summed E-state index contributed by atoms with van der Waals surface area (Å²) in [5.74, 6) is 0. The molecule has 0 saturated carbocycles. The second-order valence-electron chi connectivity index (χ2n) is 6.75. The van der Waals surface area contributed by atoms with Gasteiger partial charge in [-0.25, -0.2) is 9.13 Å². The highest BCUT2D eigenvalue weighted by molar-refractivity contribution is 7.23. The second-order valence-corrected chi connectivity index (χ2v) is 8.27.